The fraction of sp³-hybridized carbons (Fsp3) is 0.111. The monoisotopic (exact) mass is 430 g/mol. The van der Waals surface area contributed by atoms with Gasteiger partial charge in [0.15, 0.2) is 0 Å². The Kier molecular flexibility index (Phi) is 5.38. The molecule has 0 aliphatic carbocycles. The Morgan fingerprint density at radius 3 is 2.41 bits per heavy atom. The van der Waals surface area contributed by atoms with Gasteiger partial charge in [-0.3, -0.25) is 0 Å². The molecule has 0 radical (unpaired) electrons. The molecule has 0 amide bonds. The molecule has 0 spiro atoms. The van der Waals surface area contributed by atoms with Crippen LogP contribution in [0.15, 0.2) is 70.3 Å². The molecule has 0 aliphatic heterocycles. The van der Waals surface area contributed by atoms with Gasteiger partial charge in [-0.25, -0.2) is 13.4 Å². The Balaban J connectivity index is 1.63. The molecule has 4 aromatic rings. The van der Waals surface area contributed by atoms with Crippen LogP contribution in [0.25, 0.3) is 11.4 Å². The second kappa shape index (κ2) is 8.11. The maximum atomic E-state index is 13.2. The topological polar surface area (TPSA) is 118 Å². The molecule has 0 saturated carbocycles. The summed E-state index contributed by atoms with van der Waals surface area (Å²) in [5, 5.41) is 14.2. The Hall–Kier alpha value is -3.08. The molecule has 2 aromatic heterocycles. The minimum Gasteiger partial charge on any atom is -0.448 e. The number of rotatable bonds is 7. The van der Waals surface area contributed by atoms with Crippen LogP contribution in [0.4, 0.5) is 0 Å². The Morgan fingerprint density at radius 1 is 1.03 bits per heavy atom. The first-order valence-electron chi connectivity index (χ1n) is 8.49. The van der Waals surface area contributed by atoms with Crippen molar-refractivity contribution in [2.45, 2.75) is 18.0 Å². The van der Waals surface area contributed by atoms with Gasteiger partial charge in [-0.2, -0.15) is 9.52 Å². The fourth-order valence-corrected chi connectivity index (χ4v) is 4.21. The fourth-order valence-electron chi connectivity index (χ4n) is 2.71. The number of sulfonamides is 1. The maximum Gasteiger partial charge on any atom is 0.243 e. The highest BCUT2D eigenvalue weighted by molar-refractivity contribution is 7.89. The van der Waals surface area contributed by atoms with Crippen molar-refractivity contribution in [3.63, 3.8) is 0 Å². The third kappa shape index (κ3) is 4.34. The molecule has 4 rings (SSSR count). The number of halogens is 1. The highest BCUT2D eigenvalue weighted by Gasteiger charge is 2.26. The van der Waals surface area contributed by atoms with Crippen LogP contribution in [-0.2, 0) is 23.1 Å². The van der Waals surface area contributed by atoms with Crippen molar-refractivity contribution >= 4 is 21.6 Å². The predicted molar refractivity (Wildman–Crippen MR) is 104 cm³/mol. The van der Waals surface area contributed by atoms with Gasteiger partial charge in [-0.1, -0.05) is 35.9 Å². The maximum absolute atomic E-state index is 13.2. The number of H-pyrrole nitrogens is 1. The summed E-state index contributed by atoms with van der Waals surface area (Å²) in [6.07, 6.45) is 2.88. The smallest absolute Gasteiger partial charge is 0.243 e. The zero-order valence-corrected chi connectivity index (χ0v) is 16.5. The number of aromatic amines is 1. The summed E-state index contributed by atoms with van der Waals surface area (Å²) in [6, 6.07) is 13.3. The van der Waals surface area contributed by atoms with E-state index in [0.717, 1.165) is 11.1 Å². The summed E-state index contributed by atoms with van der Waals surface area (Å²) in [4.78, 5) is 4.18. The van der Waals surface area contributed by atoms with Gasteiger partial charge in [0.1, 0.15) is 6.26 Å². The van der Waals surface area contributed by atoms with Crippen molar-refractivity contribution in [1.82, 2.24) is 29.9 Å². The number of nitrogens with zero attached hydrogens (tertiary/aromatic N) is 5. The summed E-state index contributed by atoms with van der Waals surface area (Å²) in [7, 11) is -3.81. The van der Waals surface area contributed by atoms with Crippen molar-refractivity contribution in [2.75, 3.05) is 0 Å². The molecule has 2 aromatic carbocycles. The van der Waals surface area contributed by atoms with Crippen LogP contribution in [-0.4, -0.2) is 38.3 Å². The van der Waals surface area contributed by atoms with E-state index < -0.39 is 10.0 Å². The zero-order valence-electron chi connectivity index (χ0n) is 14.9. The second-order valence-corrected chi connectivity index (χ2v) is 8.46. The standard InChI is InChI=1S/C18H15ClN6O3S/c19-15-5-7-16(8-6-15)29(26,27)25(12-17-20-9-10-28-17)11-13-1-3-14(4-2-13)18-21-23-24-22-18/h1-10H,11-12H2,(H,21,22,23,24). The molecule has 11 heteroatoms. The van der Waals surface area contributed by atoms with E-state index in [1.165, 1.54) is 41.0 Å². The van der Waals surface area contributed by atoms with Gasteiger partial charge >= 0.3 is 0 Å². The molecule has 0 unspecified atom stereocenters. The molecule has 0 fully saturated rings. The van der Waals surface area contributed by atoms with E-state index in [0.29, 0.717) is 16.7 Å². The zero-order chi connectivity index (χ0) is 20.3. The van der Waals surface area contributed by atoms with Crippen molar-refractivity contribution < 1.29 is 12.8 Å². The van der Waals surface area contributed by atoms with Gasteiger partial charge < -0.3 is 4.42 Å². The molecule has 0 bridgehead atoms. The molecular weight excluding hydrogens is 416 g/mol. The van der Waals surface area contributed by atoms with Crippen LogP contribution in [0.3, 0.4) is 0 Å². The minimum absolute atomic E-state index is 0.00937. The lowest BCUT2D eigenvalue weighted by atomic mass is 10.1. The van der Waals surface area contributed by atoms with Crippen LogP contribution in [0.1, 0.15) is 11.5 Å². The average Bonchev–Trinajstić information content (AvgIpc) is 3.43. The van der Waals surface area contributed by atoms with E-state index in [4.69, 9.17) is 16.0 Å². The van der Waals surface area contributed by atoms with Gasteiger partial charge in [0.05, 0.1) is 17.6 Å². The Labute approximate surface area is 171 Å². The van der Waals surface area contributed by atoms with Crippen LogP contribution < -0.4 is 0 Å². The first kappa shape index (κ1) is 19.2. The first-order valence-corrected chi connectivity index (χ1v) is 10.3. The first-order chi connectivity index (χ1) is 14.0. The van der Waals surface area contributed by atoms with Gasteiger partial charge in [0.25, 0.3) is 0 Å². The average molecular weight is 431 g/mol. The highest BCUT2D eigenvalue weighted by Crippen LogP contribution is 2.23. The van der Waals surface area contributed by atoms with Crippen molar-refractivity contribution in [3.8, 4) is 11.4 Å². The van der Waals surface area contributed by atoms with Crippen LogP contribution >= 0.6 is 11.6 Å². The quantitative estimate of drug-likeness (QED) is 0.478. The molecule has 0 aliphatic rings. The molecule has 1 N–H and O–H groups in total. The normalized spacial score (nSPS) is 11.8. The summed E-state index contributed by atoms with van der Waals surface area (Å²) >= 11 is 5.89. The van der Waals surface area contributed by atoms with Gasteiger partial charge in [0, 0.05) is 17.1 Å². The Morgan fingerprint density at radius 2 is 1.79 bits per heavy atom. The summed E-state index contributed by atoms with van der Waals surface area (Å²) < 4.78 is 33.0. The SMILES string of the molecule is O=S(=O)(c1ccc(Cl)cc1)N(Cc1ccc(-c2nn[nH]n2)cc1)Cc1ncco1. The van der Waals surface area contributed by atoms with E-state index in [-0.39, 0.29) is 18.0 Å². The number of nitrogens with one attached hydrogen (secondary N) is 1. The van der Waals surface area contributed by atoms with E-state index in [1.807, 2.05) is 12.1 Å². The number of hydrogen-bond donors (Lipinski definition) is 1. The third-order valence-corrected chi connectivity index (χ3v) is 6.22. The van der Waals surface area contributed by atoms with E-state index in [1.54, 1.807) is 12.1 Å². The number of benzene rings is 2. The summed E-state index contributed by atoms with van der Waals surface area (Å²) in [5.74, 6) is 0.757. The molecule has 29 heavy (non-hydrogen) atoms. The van der Waals surface area contributed by atoms with Gasteiger partial charge in [-0.15, -0.1) is 10.2 Å². The van der Waals surface area contributed by atoms with Gasteiger partial charge in [0.2, 0.25) is 21.7 Å². The number of tetrazole rings is 1. The van der Waals surface area contributed by atoms with Crippen molar-refractivity contribution in [3.05, 3.63) is 77.5 Å². The number of hydrogen-bond acceptors (Lipinski definition) is 7. The van der Waals surface area contributed by atoms with Crippen LogP contribution in [0.2, 0.25) is 5.02 Å². The van der Waals surface area contributed by atoms with E-state index in [2.05, 4.69) is 25.6 Å². The number of aromatic nitrogens is 5. The van der Waals surface area contributed by atoms with Gasteiger partial charge in [-0.05, 0) is 35.0 Å². The van der Waals surface area contributed by atoms with Crippen molar-refractivity contribution in [1.29, 1.82) is 0 Å². The molecular formula is C18H15ClN6O3S. The lowest BCUT2D eigenvalue weighted by molar-refractivity contribution is 0.350. The van der Waals surface area contributed by atoms with Crippen LogP contribution in [0, 0.1) is 0 Å². The van der Waals surface area contributed by atoms with Crippen LogP contribution in [0.5, 0.6) is 0 Å². The molecule has 0 atom stereocenters. The molecule has 2 heterocycles. The summed E-state index contributed by atoms with van der Waals surface area (Å²) in [6.45, 7) is 0.115. The summed E-state index contributed by atoms with van der Waals surface area (Å²) in [5.41, 5.74) is 1.55. The molecule has 9 nitrogen and oxygen atoms in total. The lowest BCUT2D eigenvalue weighted by Crippen LogP contribution is -2.30. The molecule has 148 valence electrons. The number of oxazole rings is 1. The van der Waals surface area contributed by atoms with E-state index >= 15 is 0 Å². The lowest BCUT2D eigenvalue weighted by Gasteiger charge is -2.21. The minimum atomic E-state index is -3.81. The van der Waals surface area contributed by atoms with Crippen molar-refractivity contribution in [2.24, 2.45) is 0 Å². The van der Waals surface area contributed by atoms with E-state index in [9.17, 15) is 8.42 Å². The highest BCUT2D eigenvalue weighted by atomic mass is 35.5. The molecule has 0 saturated heterocycles. The predicted octanol–water partition coefficient (Wildman–Crippen LogP) is 2.90. The second-order valence-electron chi connectivity index (χ2n) is 6.09. The largest absolute Gasteiger partial charge is 0.448 e. The third-order valence-electron chi connectivity index (χ3n) is 4.16. The Bertz CT molecular complexity index is 1160.